The van der Waals surface area contributed by atoms with E-state index in [0.717, 1.165) is 11.1 Å². The summed E-state index contributed by atoms with van der Waals surface area (Å²) in [6.45, 7) is 5.30. The van der Waals surface area contributed by atoms with Gasteiger partial charge in [-0.2, -0.15) is 0 Å². The van der Waals surface area contributed by atoms with Crippen LogP contribution in [0.4, 0.5) is 5.69 Å². The summed E-state index contributed by atoms with van der Waals surface area (Å²) in [7, 11) is 3.10. The van der Waals surface area contributed by atoms with Gasteiger partial charge in [-0.15, -0.1) is 0 Å². The summed E-state index contributed by atoms with van der Waals surface area (Å²) in [5.74, 6) is -1.24. The SMILES string of the molecule is COCCN(CCOC)C(=O)C(=O)Nc1cc(C)cc(C)c1. The first-order chi connectivity index (χ1) is 10.5. The average Bonchev–Trinajstić information content (AvgIpc) is 2.45. The van der Waals surface area contributed by atoms with E-state index in [1.807, 2.05) is 32.0 Å². The number of hydrogen-bond acceptors (Lipinski definition) is 4. The van der Waals surface area contributed by atoms with Crippen LogP contribution in [0.1, 0.15) is 11.1 Å². The van der Waals surface area contributed by atoms with E-state index < -0.39 is 11.8 Å². The molecule has 0 aliphatic carbocycles. The Morgan fingerprint density at radius 3 is 1.95 bits per heavy atom. The predicted molar refractivity (Wildman–Crippen MR) is 84.9 cm³/mol. The standard InChI is InChI=1S/C16H24N2O4/c1-12-9-13(2)11-14(10-12)17-15(19)16(20)18(5-7-21-3)6-8-22-4/h9-11H,5-8H2,1-4H3,(H,17,19). The molecular formula is C16H24N2O4. The quantitative estimate of drug-likeness (QED) is 0.772. The molecule has 0 saturated carbocycles. The minimum absolute atomic E-state index is 0.346. The van der Waals surface area contributed by atoms with Crippen LogP contribution in [0, 0.1) is 13.8 Å². The molecule has 0 heterocycles. The van der Waals surface area contributed by atoms with Gasteiger partial charge in [0.05, 0.1) is 13.2 Å². The summed E-state index contributed by atoms with van der Waals surface area (Å²) in [4.78, 5) is 25.8. The second kappa shape index (κ2) is 9.17. The van der Waals surface area contributed by atoms with Crippen molar-refractivity contribution in [2.45, 2.75) is 13.8 Å². The van der Waals surface area contributed by atoms with Crippen molar-refractivity contribution >= 4 is 17.5 Å². The zero-order chi connectivity index (χ0) is 16.5. The van der Waals surface area contributed by atoms with Gasteiger partial charge < -0.3 is 19.7 Å². The maximum atomic E-state index is 12.2. The van der Waals surface area contributed by atoms with Gasteiger partial charge in [0, 0.05) is 33.0 Å². The van der Waals surface area contributed by atoms with Crippen LogP contribution in [0.2, 0.25) is 0 Å². The average molecular weight is 308 g/mol. The van der Waals surface area contributed by atoms with Crippen molar-refractivity contribution in [2.75, 3.05) is 45.8 Å². The van der Waals surface area contributed by atoms with Crippen LogP contribution in [0.15, 0.2) is 18.2 Å². The normalized spacial score (nSPS) is 10.4. The molecule has 0 fully saturated rings. The van der Waals surface area contributed by atoms with Gasteiger partial charge in [-0.3, -0.25) is 9.59 Å². The van der Waals surface area contributed by atoms with Gasteiger partial charge in [-0.1, -0.05) is 6.07 Å². The lowest BCUT2D eigenvalue weighted by atomic mass is 10.1. The molecule has 0 unspecified atom stereocenters. The summed E-state index contributed by atoms with van der Waals surface area (Å²) in [6.07, 6.45) is 0. The number of benzene rings is 1. The van der Waals surface area contributed by atoms with Gasteiger partial charge in [0.2, 0.25) is 0 Å². The van der Waals surface area contributed by atoms with Gasteiger partial charge in [0.1, 0.15) is 0 Å². The number of carbonyl (C=O) groups excluding carboxylic acids is 2. The summed E-state index contributed by atoms with van der Waals surface area (Å²) in [5, 5.41) is 2.64. The van der Waals surface area contributed by atoms with E-state index in [-0.39, 0.29) is 0 Å². The molecule has 1 aromatic carbocycles. The monoisotopic (exact) mass is 308 g/mol. The second-order valence-corrected chi connectivity index (χ2v) is 5.11. The Morgan fingerprint density at radius 2 is 1.50 bits per heavy atom. The summed E-state index contributed by atoms with van der Waals surface area (Å²) < 4.78 is 9.93. The lowest BCUT2D eigenvalue weighted by molar-refractivity contribution is -0.144. The Kier molecular flexibility index (Phi) is 7.56. The van der Waals surface area contributed by atoms with Crippen LogP contribution >= 0.6 is 0 Å². The predicted octanol–water partition coefficient (Wildman–Crippen LogP) is 1.36. The molecule has 1 rings (SSSR count). The largest absolute Gasteiger partial charge is 0.383 e. The topological polar surface area (TPSA) is 67.9 Å². The van der Waals surface area contributed by atoms with Gasteiger partial charge in [-0.25, -0.2) is 0 Å². The van der Waals surface area contributed by atoms with Crippen LogP contribution in [-0.2, 0) is 19.1 Å². The van der Waals surface area contributed by atoms with E-state index in [9.17, 15) is 9.59 Å². The molecule has 0 spiro atoms. The van der Waals surface area contributed by atoms with Crippen LogP contribution in [0.5, 0.6) is 0 Å². The molecule has 0 atom stereocenters. The van der Waals surface area contributed by atoms with Crippen molar-refractivity contribution in [3.8, 4) is 0 Å². The number of amides is 2. The molecule has 0 bridgehead atoms. The molecule has 0 saturated heterocycles. The van der Waals surface area contributed by atoms with Crippen molar-refractivity contribution in [3.05, 3.63) is 29.3 Å². The van der Waals surface area contributed by atoms with Gasteiger partial charge in [0.15, 0.2) is 0 Å². The van der Waals surface area contributed by atoms with Crippen LogP contribution < -0.4 is 5.32 Å². The minimum Gasteiger partial charge on any atom is -0.383 e. The summed E-state index contributed by atoms with van der Waals surface area (Å²) in [6, 6.07) is 5.65. The molecular weight excluding hydrogens is 284 g/mol. The number of ether oxygens (including phenoxy) is 2. The van der Waals surface area contributed by atoms with E-state index in [1.54, 1.807) is 14.2 Å². The third-order valence-electron chi connectivity index (χ3n) is 3.09. The Bertz CT molecular complexity index is 489. The fourth-order valence-corrected chi connectivity index (χ4v) is 2.09. The van der Waals surface area contributed by atoms with E-state index >= 15 is 0 Å². The zero-order valence-electron chi connectivity index (χ0n) is 13.6. The molecule has 1 aromatic rings. The number of nitrogens with one attached hydrogen (secondary N) is 1. The Balaban J connectivity index is 2.72. The second-order valence-electron chi connectivity index (χ2n) is 5.11. The first kappa shape index (κ1) is 18.1. The maximum Gasteiger partial charge on any atom is 0.313 e. The van der Waals surface area contributed by atoms with Crippen LogP contribution in [0.3, 0.4) is 0 Å². The molecule has 0 aliphatic heterocycles. The molecule has 2 amide bonds. The molecule has 6 nitrogen and oxygen atoms in total. The van der Waals surface area contributed by atoms with Gasteiger partial charge in [0.25, 0.3) is 0 Å². The minimum atomic E-state index is -0.655. The van der Waals surface area contributed by atoms with Crippen molar-refractivity contribution in [1.29, 1.82) is 0 Å². The van der Waals surface area contributed by atoms with Crippen molar-refractivity contribution in [1.82, 2.24) is 4.90 Å². The lowest BCUT2D eigenvalue weighted by Crippen LogP contribution is -2.43. The number of hydrogen-bond donors (Lipinski definition) is 1. The number of rotatable bonds is 7. The van der Waals surface area contributed by atoms with E-state index in [0.29, 0.717) is 32.0 Å². The number of aryl methyl sites for hydroxylation is 2. The molecule has 0 aromatic heterocycles. The Labute approximate surface area is 131 Å². The fraction of sp³-hybridized carbons (Fsp3) is 0.500. The number of nitrogens with zero attached hydrogens (tertiary/aromatic N) is 1. The number of methoxy groups -OCH3 is 2. The van der Waals surface area contributed by atoms with Gasteiger partial charge in [-0.05, 0) is 37.1 Å². The highest BCUT2D eigenvalue weighted by Gasteiger charge is 2.21. The summed E-state index contributed by atoms with van der Waals surface area (Å²) >= 11 is 0. The third kappa shape index (κ3) is 5.83. The Morgan fingerprint density at radius 1 is 1.00 bits per heavy atom. The number of anilines is 1. The maximum absolute atomic E-state index is 12.2. The zero-order valence-corrected chi connectivity index (χ0v) is 13.6. The van der Waals surface area contributed by atoms with Crippen LogP contribution in [0.25, 0.3) is 0 Å². The molecule has 6 heteroatoms. The van der Waals surface area contributed by atoms with Crippen LogP contribution in [-0.4, -0.2) is 57.2 Å². The highest BCUT2D eigenvalue weighted by molar-refractivity contribution is 6.39. The van der Waals surface area contributed by atoms with Crippen molar-refractivity contribution in [3.63, 3.8) is 0 Å². The molecule has 1 N–H and O–H groups in total. The van der Waals surface area contributed by atoms with E-state index in [1.165, 1.54) is 4.90 Å². The summed E-state index contributed by atoms with van der Waals surface area (Å²) in [5.41, 5.74) is 2.67. The first-order valence-electron chi connectivity index (χ1n) is 7.14. The smallest absolute Gasteiger partial charge is 0.313 e. The van der Waals surface area contributed by atoms with E-state index in [2.05, 4.69) is 5.32 Å². The highest BCUT2D eigenvalue weighted by atomic mass is 16.5. The first-order valence-corrected chi connectivity index (χ1v) is 7.14. The molecule has 22 heavy (non-hydrogen) atoms. The molecule has 122 valence electrons. The molecule has 0 radical (unpaired) electrons. The van der Waals surface area contributed by atoms with E-state index in [4.69, 9.17) is 9.47 Å². The number of carbonyl (C=O) groups is 2. The van der Waals surface area contributed by atoms with Crippen molar-refractivity contribution in [2.24, 2.45) is 0 Å². The van der Waals surface area contributed by atoms with Gasteiger partial charge >= 0.3 is 11.8 Å². The van der Waals surface area contributed by atoms with Crippen molar-refractivity contribution < 1.29 is 19.1 Å². The molecule has 0 aliphatic rings. The third-order valence-corrected chi connectivity index (χ3v) is 3.09. The highest BCUT2D eigenvalue weighted by Crippen LogP contribution is 2.13. The fourth-order valence-electron chi connectivity index (χ4n) is 2.09. The lowest BCUT2D eigenvalue weighted by Gasteiger charge is -2.21. The Hall–Kier alpha value is -1.92.